The number of allylic oxidation sites excluding steroid dienone is 1. The summed E-state index contributed by atoms with van der Waals surface area (Å²) in [5.41, 5.74) is 2.30. The van der Waals surface area contributed by atoms with Gasteiger partial charge in [0.25, 0.3) is 0 Å². The first kappa shape index (κ1) is 29.5. The van der Waals surface area contributed by atoms with Crippen molar-refractivity contribution in [3.8, 4) is 0 Å². The summed E-state index contributed by atoms with van der Waals surface area (Å²) in [6, 6.07) is 0. The lowest BCUT2D eigenvalue weighted by molar-refractivity contribution is -0.0601. The van der Waals surface area contributed by atoms with Crippen LogP contribution in [0.5, 0.6) is 0 Å². The molecule has 0 amide bonds. The van der Waals surface area contributed by atoms with E-state index >= 15 is 0 Å². The van der Waals surface area contributed by atoms with Crippen LogP contribution in [0.15, 0.2) is 11.6 Å². The quantitative estimate of drug-likeness (QED) is 0.264. The van der Waals surface area contributed by atoms with Gasteiger partial charge in [-0.2, -0.15) is 0 Å². The molecule has 1 N–H and O–H groups in total. The summed E-state index contributed by atoms with van der Waals surface area (Å²) in [5, 5.41) is 9.05. The summed E-state index contributed by atoms with van der Waals surface area (Å²) in [4.78, 5) is 11.0. The molecule has 0 bridgehead atoms. The summed E-state index contributed by atoms with van der Waals surface area (Å²) >= 11 is 0. The van der Waals surface area contributed by atoms with Crippen molar-refractivity contribution in [1.29, 1.82) is 0 Å². The fourth-order valence-electron chi connectivity index (χ4n) is 9.10. The molecule has 0 radical (unpaired) electrons. The molecular weight excluding hydrogens is 448 g/mol. The zero-order valence-corrected chi connectivity index (χ0v) is 24.5. The first-order valence-corrected chi connectivity index (χ1v) is 15.2. The molecule has 4 aliphatic carbocycles. The van der Waals surface area contributed by atoms with E-state index in [4.69, 9.17) is 14.6 Å². The van der Waals surface area contributed by atoms with E-state index in [2.05, 4.69) is 40.7 Å². The van der Waals surface area contributed by atoms with Gasteiger partial charge in [-0.25, -0.2) is 4.79 Å². The third-order valence-electron chi connectivity index (χ3n) is 10.9. The van der Waals surface area contributed by atoms with Crippen molar-refractivity contribution >= 4 is 6.16 Å². The molecule has 4 heteroatoms. The van der Waals surface area contributed by atoms with Crippen LogP contribution in [-0.4, -0.2) is 30.6 Å². The zero-order valence-electron chi connectivity index (χ0n) is 24.5. The molecule has 0 aliphatic heterocycles. The summed E-state index contributed by atoms with van der Waals surface area (Å²) < 4.78 is 10.0. The molecule has 3 saturated carbocycles. The summed E-state index contributed by atoms with van der Waals surface area (Å²) in [6.07, 6.45) is 15.1. The van der Waals surface area contributed by atoms with Gasteiger partial charge in [0.05, 0.1) is 0 Å². The molecule has 0 unspecified atom stereocenters. The Bertz CT molecular complexity index is 742. The predicted octanol–water partition coefficient (Wildman–Crippen LogP) is 9.13. The van der Waals surface area contributed by atoms with Crippen LogP contribution in [0.25, 0.3) is 0 Å². The molecule has 0 spiro atoms. The number of ether oxygens (including phenoxy) is 2. The lowest BCUT2D eigenvalue weighted by Crippen LogP contribution is -2.51. The maximum atomic E-state index is 11.0. The third kappa shape index (κ3) is 6.33. The van der Waals surface area contributed by atoms with Crippen LogP contribution in [-0.2, 0) is 9.47 Å². The average Bonchev–Trinajstić information content (AvgIpc) is 3.17. The summed E-state index contributed by atoms with van der Waals surface area (Å²) in [6.45, 7) is 18.1. The van der Waals surface area contributed by atoms with Crippen LogP contribution < -0.4 is 0 Å². The van der Waals surface area contributed by atoms with Gasteiger partial charge in [-0.15, -0.1) is 0 Å². The molecule has 3 fully saturated rings. The van der Waals surface area contributed by atoms with Crippen molar-refractivity contribution in [3.05, 3.63) is 11.6 Å². The summed E-state index contributed by atoms with van der Waals surface area (Å²) in [7, 11) is 0. The van der Waals surface area contributed by atoms with Crippen LogP contribution in [0.2, 0.25) is 0 Å². The molecule has 4 aliphatic rings. The predicted molar refractivity (Wildman–Crippen MR) is 148 cm³/mol. The van der Waals surface area contributed by atoms with Crippen molar-refractivity contribution in [1.82, 2.24) is 0 Å². The Labute approximate surface area is 222 Å². The first-order valence-electron chi connectivity index (χ1n) is 15.2. The lowest BCUT2D eigenvalue weighted by Gasteiger charge is -2.58. The Morgan fingerprint density at radius 1 is 1.03 bits per heavy atom. The molecule has 8 atom stereocenters. The van der Waals surface area contributed by atoms with Gasteiger partial charge < -0.3 is 14.6 Å². The van der Waals surface area contributed by atoms with Gasteiger partial charge in [0.2, 0.25) is 0 Å². The van der Waals surface area contributed by atoms with E-state index < -0.39 is 6.16 Å². The van der Waals surface area contributed by atoms with Gasteiger partial charge >= 0.3 is 6.16 Å². The highest BCUT2D eigenvalue weighted by Gasteiger charge is 2.59. The van der Waals surface area contributed by atoms with Crippen molar-refractivity contribution in [2.45, 2.75) is 125 Å². The maximum Gasteiger partial charge on any atom is 0.506 e. The van der Waals surface area contributed by atoms with Crippen molar-refractivity contribution in [3.63, 3.8) is 0 Å². The molecule has 36 heavy (non-hydrogen) atoms. The Morgan fingerprint density at radius 3 is 2.36 bits per heavy atom. The Balaban J connectivity index is 0.000000658. The minimum atomic E-state index is -1.11. The fraction of sp³-hybridized carbons (Fsp3) is 0.906. The van der Waals surface area contributed by atoms with E-state index in [-0.39, 0.29) is 11.5 Å². The topological polar surface area (TPSA) is 55.8 Å². The highest BCUT2D eigenvalue weighted by molar-refractivity contribution is 5.57. The number of carboxylic acid groups (broad SMARTS) is 1. The van der Waals surface area contributed by atoms with Crippen LogP contribution in [0, 0.1) is 46.3 Å². The molecule has 0 saturated heterocycles. The molecule has 0 aromatic rings. The molecule has 4 rings (SSSR count). The van der Waals surface area contributed by atoms with E-state index in [0.717, 1.165) is 68.0 Å². The highest BCUT2D eigenvalue weighted by atomic mass is 16.7. The van der Waals surface area contributed by atoms with Gasteiger partial charge in [0, 0.05) is 19.6 Å². The van der Waals surface area contributed by atoms with Gasteiger partial charge in [-0.05, 0) is 105 Å². The monoisotopic (exact) mass is 504 g/mol. The highest BCUT2D eigenvalue weighted by Crippen LogP contribution is 2.67. The lowest BCUT2D eigenvalue weighted by atomic mass is 9.47. The second-order valence-corrected chi connectivity index (χ2v) is 13.3. The largest absolute Gasteiger partial charge is 0.506 e. The maximum absolute atomic E-state index is 11.0. The number of hydrogen-bond donors (Lipinski definition) is 1. The van der Waals surface area contributed by atoms with Crippen molar-refractivity contribution in [2.24, 2.45) is 46.3 Å². The summed E-state index contributed by atoms with van der Waals surface area (Å²) in [5.74, 6) is 5.09. The molecule has 208 valence electrons. The Morgan fingerprint density at radius 2 is 1.75 bits per heavy atom. The molecule has 4 nitrogen and oxygen atoms in total. The van der Waals surface area contributed by atoms with E-state index in [0.29, 0.717) is 5.41 Å². The smallest absolute Gasteiger partial charge is 0.450 e. The standard InChI is InChI=1S/C28H46O3.C4H10O/c1-18(2)7-6-8-19(3)23-11-12-24-22-10-9-20-17-21(31-26(29)30)13-15-27(20,4)25(22)14-16-28(23,24)5;1-3-5-4-2/h9,18-19,21-25H,6-8,10-17H2,1-5H3,(H,29,30);3-4H2,1-2H3/t19-,21+,22+,23-,24+,25+,27+,28-;/m1./s1. The van der Waals surface area contributed by atoms with E-state index in [1.54, 1.807) is 0 Å². The van der Waals surface area contributed by atoms with E-state index in [9.17, 15) is 4.79 Å². The zero-order chi connectivity index (χ0) is 26.5. The SMILES string of the molecule is CC(C)CCC[C@@H](C)[C@H]1CC[C@H]2[C@@H]3CC=C4C[C@@H](OC(=O)O)CC[C@]4(C)[C@H]3CC[C@]12C.CCOCC. The number of hydrogen-bond acceptors (Lipinski definition) is 3. The van der Waals surface area contributed by atoms with Gasteiger partial charge in [0.1, 0.15) is 6.10 Å². The van der Waals surface area contributed by atoms with Crippen LogP contribution in [0.1, 0.15) is 119 Å². The second-order valence-electron chi connectivity index (χ2n) is 13.3. The second kappa shape index (κ2) is 12.7. The normalized spacial score (nSPS) is 38.1. The first-order chi connectivity index (χ1) is 17.1. The minimum Gasteiger partial charge on any atom is -0.450 e. The van der Waals surface area contributed by atoms with Gasteiger partial charge in [-0.1, -0.05) is 65.5 Å². The van der Waals surface area contributed by atoms with E-state index in [1.807, 2.05) is 13.8 Å². The van der Waals surface area contributed by atoms with Crippen molar-refractivity contribution < 1.29 is 19.4 Å². The Kier molecular flexibility index (Phi) is 10.4. The number of fused-ring (bicyclic) bond motifs is 5. The average molecular weight is 505 g/mol. The molecule has 0 heterocycles. The van der Waals surface area contributed by atoms with Crippen LogP contribution in [0.3, 0.4) is 0 Å². The minimum absolute atomic E-state index is 0.134. The fourth-order valence-corrected chi connectivity index (χ4v) is 9.10. The third-order valence-corrected chi connectivity index (χ3v) is 10.9. The van der Waals surface area contributed by atoms with E-state index in [1.165, 1.54) is 56.9 Å². The number of rotatable bonds is 8. The van der Waals surface area contributed by atoms with Crippen LogP contribution >= 0.6 is 0 Å². The molecule has 0 aromatic carbocycles. The molecule has 0 aromatic heterocycles. The Hall–Kier alpha value is -1.03. The van der Waals surface area contributed by atoms with Crippen molar-refractivity contribution in [2.75, 3.05) is 13.2 Å². The van der Waals surface area contributed by atoms with Crippen LogP contribution in [0.4, 0.5) is 4.79 Å². The molecular formula is C32H56O4. The van der Waals surface area contributed by atoms with Gasteiger partial charge in [-0.3, -0.25) is 0 Å². The number of carbonyl (C=O) groups is 1. The van der Waals surface area contributed by atoms with Gasteiger partial charge in [0.15, 0.2) is 0 Å².